The molecule has 26 heavy (non-hydrogen) atoms. The summed E-state index contributed by atoms with van der Waals surface area (Å²) >= 11 is 1.57. The van der Waals surface area contributed by atoms with E-state index in [4.69, 9.17) is 0 Å². The fourth-order valence-corrected chi connectivity index (χ4v) is 4.72. The first-order valence-electron chi connectivity index (χ1n) is 8.43. The van der Waals surface area contributed by atoms with Crippen LogP contribution in [0, 0.1) is 0 Å². The number of nitrogens with zero attached hydrogens (tertiary/aromatic N) is 4. The first kappa shape index (κ1) is 17.4. The van der Waals surface area contributed by atoms with E-state index >= 15 is 0 Å². The molecule has 10 heteroatoms. The van der Waals surface area contributed by atoms with Crippen molar-refractivity contribution in [2.24, 2.45) is 0 Å². The summed E-state index contributed by atoms with van der Waals surface area (Å²) in [6, 6.07) is 0. The lowest BCUT2D eigenvalue weighted by molar-refractivity contribution is 0.448. The second kappa shape index (κ2) is 6.93. The third-order valence-corrected chi connectivity index (χ3v) is 6.32. The van der Waals surface area contributed by atoms with Gasteiger partial charge in [0.05, 0.1) is 24.1 Å². The van der Waals surface area contributed by atoms with Crippen molar-refractivity contribution in [3.8, 4) is 0 Å². The maximum absolute atomic E-state index is 12.1. The molecule has 138 valence electrons. The number of thiazole rings is 1. The SMILES string of the molecule is CS(=O)(=O)c1cnc(NCc2cn3ccsc3n2)nc1[C@H]1CCCNC1. The normalized spacial score (nSPS) is 18.3. The van der Waals surface area contributed by atoms with Crippen LogP contribution in [-0.2, 0) is 16.4 Å². The molecule has 0 bridgehead atoms. The summed E-state index contributed by atoms with van der Waals surface area (Å²) in [6.45, 7) is 2.17. The molecule has 0 amide bonds. The summed E-state index contributed by atoms with van der Waals surface area (Å²) in [5, 5.41) is 8.46. The number of nitrogens with one attached hydrogen (secondary N) is 2. The molecule has 2 N–H and O–H groups in total. The van der Waals surface area contributed by atoms with Gasteiger partial charge in [-0.15, -0.1) is 11.3 Å². The molecule has 0 saturated carbocycles. The molecular formula is C16H20N6O2S2. The smallest absolute Gasteiger partial charge is 0.223 e. The van der Waals surface area contributed by atoms with Crippen LogP contribution in [0.3, 0.4) is 0 Å². The molecule has 0 aromatic carbocycles. The fraction of sp³-hybridized carbons (Fsp3) is 0.438. The number of hydrogen-bond acceptors (Lipinski definition) is 8. The Balaban J connectivity index is 1.58. The predicted octanol–water partition coefficient (Wildman–Crippen LogP) is 1.67. The highest BCUT2D eigenvalue weighted by Gasteiger charge is 2.25. The lowest BCUT2D eigenvalue weighted by Crippen LogP contribution is -2.30. The predicted molar refractivity (Wildman–Crippen MR) is 100 cm³/mol. The summed E-state index contributed by atoms with van der Waals surface area (Å²) < 4.78 is 26.2. The van der Waals surface area contributed by atoms with Crippen molar-refractivity contribution >= 4 is 32.1 Å². The molecule has 4 rings (SSSR count). The Morgan fingerprint density at radius 3 is 3.04 bits per heavy atom. The second-order valence-corrected chi connectivity index (χ2v) is 9.29. The number of piperidine rings is 1. The molecule has 1 saturated heterocycles. The molecule has 1 aliphatic heterocycles. The maximum atomic E-state index is 12.1. The van der Waals surface area contributed by atoms with Gasteiger partial charge >= 0.3 is 0 Å². The molecule has 3 aromatic rings. The van der Waals surface area contributed by atoms with Gasteiger partial charge in [-0.2, -0.15) is 0 Å². The number of imidazole rings is 1. The highest BCUT2D eigenvalue weighted by molar-refractivity contribution is 7.90. The molecule has 8 nitrogen and oxygen atoms in total. The van der Waals surface area contributed by atoms with E-state index in [9.17, 15) is 8.42 Å². The molecular weight excluding hydrogens is 372 g/mol. The van der Waals surface area contributed by atoms with Gasteiger partial charge in [-0.05, 0) is 19.4 Å². The number of rotatable bonds is 5. The minimum atomic E-state index is -3.37. The van der Waals surface area contributed by atoms with Crippen LogP contribution in [0.15, 0.2) is 28.9 Å². The first-order valence-corrected chi connectivity index (χ1v) is 11.2. The lowest BCUT2D eigenvalue weighted by atomic mass is 9.96. The highest BCUT2D eigenvalue weighted by atomic mass is 32.2. The molecule has 0 aliphatic carbocycles. The van der Waals surface area contributed by atoms with Crippen molar-refractivity contribution in [2.45, 2.75) is 30.2 Å². The average Bonchev–Trinajstić information content (AvgIpc) is 3.21. The Morgan fingerprint density at radius 2 is 2.31 bits per heavy atom. The van der Waals surface area contributed by atoms with E-state index in [1.165, 1.54) is 12.5 Å². The minimum absolute atomic E-state index is 0.0787. The van der Waals surface area contributed by atoms with Crippen LogP contribution in [0.25, 0.3) is 4.96 Å². The van der Waals surface area contributed by atoms with Crippen LogP contribution >= 0.6 is 11.3 Å². The number of sulfone groups is 1. The number of anilines is 1. The Hall–Kier alpha value is -2.04. The van der Waals surface area contributed by atoms with Gasteiger partial charge in [-0.3, -0.25) is 4.40 Å². The standard InChI is InChI=1S/C16H20N6O2S2/c1-26(23,24)13-9-19-15(21-14(13)11-3-2-4-17-7-11)18-8-12-10-22-5-6-25-16(22)20-12/h5-6,9-11,17H,2-4,7-8H2,1H3,(H,18,19,21)/t11-/m0/s1. The van der Waals surface area contributed by atoms with E-state index in [-0.39, 0.29) is 10.8 Å². The first-order chi connectivity index (χ1) is 12.5. The molecule has 3 aromatic heterocycles. The second-order valence-electron chi connectivity index (χ2n) is 6.44. The van der Waals surface area contributed by atoms with Gasteiger partial charge in [0.15, 0.2) is 14.8 Å². The number of aromatic nitrogens is 4. The van der Waals surface area contributed by atoms with E-state index in [0.717, 1.165) is 36.6 Å². The molecule has 1 fully saturated rings. The van der Waals surface area contributed by atoms with E-state index in [2.05, 4.69) is 25.6 Å². The van der Waals surface area contributed by atoms with Crippen LogP contribution < -0.4 is 10.6 Å². The van der Waals surface area contributed by atoms with Crippen molar-refractivity contribution < 1.29 is 8.42 Å². The Kier molecular flexibility index (Phi) is 4.63. The van der Waals surface area contributed by atoms with Crippen molar-refractivity contribution in [3.63, 3.8) is 0 Å². The van der Waals surface area contributed by atoms with Gasteiger partial charge in [-0.1, -0.05) is 0 Å². The van der Waals surface area contributed by atoms with Gasteiger partial charge < -0.3 is 10.6 Å². The van der Waals surface area contributed by atoms with Gasteiger partial charge in [0, 0.05) is 36.5 Å². The fourth-order valence-electron chi connectivity index (χ4n) is 3.16. The van der Waals surface area contributed by atoms with Gasteiger partial charge in [-0.25, -0.2) is 23.4 Å². The molecule has 1 atom stereocenters. The Morgan fingerprint density at radius 1 is 1.42 bits per heavy atom. The van der Waals surface area contributed by atoms with E-state index in [0.29, 0.717) is 18.2 Å². The molecule has 0 spiro atoms. The zero-order valence-electron chi connectivity index (χ0n) is 14.3. The van der Waals surface area contributed by atoms with Crippen molar-refractivity contribution in [1.29, 1.82) is 0 Å². The van der Waals surface area contributed by atoms with Gasteiger partial charge in [0.2, 0.25) is 5.95 Å². The molecule has 1 aliphatic rings. The number of hydrogen-bond donors (Lipinski definition) is 2. The third-order valence-electron chi connectivity index (χ3n) is 4.44. The summed E-state index contributed by atoms with van der Waals surface area (Å²) in [5.74, 6) is 0.504. The van der Waals surface area contributed by atoms with E-state index in [1.807, 2.05) is 22.2 Å². The quantitative estimate of drug-likeness (QED) is 0.681. The summed E-state index contributed by atoms with van der Waals surface area (Å²) in [4.78, 5) is 14.4. The Labute approximate surface area is 155 Å². The average molecular weight is 393 g/mol. The van der Waals surface area contributed by atoms with E-state index < -0.39 is 9.84 Å². The topological polar surface area (TPSA) is 101 Å². The highest BCUT2D eigenvalue weighted by Crippen LogP contribution is 2.28. The minimum Gasteiger partial charge on any atom is -0.348 e. The van der Waals surface area contributed by atoms with Crippen LogP contribution in [-0.4, -0.2) is 47.1 Å². The van der Waals surface area contributed by atoms with Crippen molar-refractivity contribution in [2.75, 3.05) is 24.7 Å². The zero-order valence-corrected chi connectivity index (χ0v) is 16.0. The van der Waals surface area contributed by atoms with Crippen LogP contribution in [0.2, 0.25) is 0 Å². The van der Waals surface area contributed by atoms with Crippen LogP contribution in [0.4, 0.5) is 5.95 Å². The molecule has 0 radical (unpaired) electrons. The molecule has 0 unspecified atom stereocenters. The summed E-state index contributed by atoms with van der Waals surface area (Å²) in [5.41, 5.74) is 1.48. The largest absolute Gasteiger partial charge is 0.348 e. The third kappa shape index (κ3) is 3.57. The van der Waals surface area contributed by atoms with Crippen LogP contribution in [0.5, 0.6) is 0 Å². The van der Waals surface area contributed by atoms with Crippen molar-refractivity contribution in [3.05, 3.63) is 35.4 Å². The summed E-state index contributed by atoms with van der Waals surface area (Å²) in [6.07, 6.45) is 8.46. The Bertz CT molecular complexity index is 992. The van der Waals surface area contributed by atoms with E-state index in [1.54, 1.807) is 11.3 Å². The zero-order chi connectivity index (χ0) is 18.1. The molecule has 4 heterocycles. The van der Waals surface area contributed by atoms with Crippen molar-refractivity contribution in [1.82, 2.24) is 24.7 Å². The summed E-state index contributed by atoms with van der Waals surface area (Å²) in [7, 11) is -3.37. The van der Waals surface area contributed by atoms with Gasteiger partial charge in [0.25, 0.3) is 0 Å². The van der Waals surface area contributed by atoms with Gasteiger partial charge in [0.1, 0.15) is 4.90 Å². The van der Waals surface area contributed by atoms with Crippen LogP contribution in [0.1, 0.15) is 30.1 Å². The number of fused-ring (bicyclic) bond motifs is 1. The lowest BCUT2D eigenvalue weighted by Gasteiger charge is -2.24. The maximum Gasteiger partial charge on any atom is 0.223 e. The monoisotopic (exact) mass is 392 g/mol.